The van der Waals surface area contributed by atoms with Gasteiger partial charge in [-0.2, -0.15) is 0 Å². The van der Waals surface area contributed by atoms with E-state index in [-0.39, 0.29) is 12.0 Å². The summed E-state index contributed by atoms with van der Waals surface area (Å²) in [6.07, 6.45) is 1.52. The maximum Gasteiger partial charge on any atom is 0.230 e. The number of carbonyl (C=O) groups is 1. The van der Waals surface area contributed by atoms with Crippen LogP contribution in [0, 0.1) is 12.8 Å². The standard InChI is InChI=1S/C15H21NO2S/c1-11-3-2-4-12(5-11)9-19-10-15(18)16-8-13-6-14(17)7-13/h2-5,13-14,17H,6-10H2,1H3,(H,16,18). The van der Waals surface area contributed by atoms with E-state index in [0.29, 0.717) is 18.2 Å². The number of hydrogen-bond acceptors (Lipinski definition) is 3. The largest absolute Gasteiger partial charge is 0.393 e. The first-order valence-corrected chi connectivity index (χ1v) is 7.87. The summed E-state index contributed by atoms with van der Waals surface area (Å²) in [5, 5.41) is 12.1. The van der Waals surface area contributed by atoms with E-state index >= 15 is 0 Å². The molecule has 1 aromatic rings. The van der Waals surface area contributed by atoms with Gasteiger partial charge >= 0.3 is 0 Å². The highest BCUT2D eigenvalue weighted by atomic mass is 32.2. The minimum absolute atomic E-state index is 0.0963. The lowest BCUT2D eigenvalue weighted by atomic mass is 9.82. The van der Waals surface area contributed by atoms with Crippen LogP contribution in [0.5, 0.6) is 0 Å². The van der Waals surface area contributed by atoms with Crippen molar-refractivity contribution in [1.82, 2.24) is 5.32 Å². The van der Waals surface area contributed by atoms with Gasteiger partial charge in [-0.25, -0.2) is 0 Å². The van der Waals surface area contributed by atoms with E-state index < -0.39 is 0 Å². The summed E-state index contributed by atoms with van der Waals surface area (Å²) in [4.78, 5) is 11.6. The van der Waals surface area contributed by atoms with E-state index in [1.807, 2.05) is 6.07 Å². The molecule has 1 aliphatic rings. The number of aryl methyl sites for hydroxylation is 1. The van der Waals surface area contributed by atoms with Gasteiger partial charge in [0.05, 0.1) is 11.9 Å². The number of amides is 1. The van der Waals surface area contributed by atoms with E-state index in [2.05, 4.69) is 30.4 Å². The summed E-state index contributed by atoms with van der Waals surface area (Å²) < 4.78 is 0. The van der Waals surface area contributed by atoms with Crippen LogP contribution in [0.1, 0.15) is 24.0 Å². The minimum atomic E-state index is -0.141. The zero-order valence-corrected chi connectivity index (χ0v) is 12.1. The molecule has 0 radical (unpaired) electrons. The van der Waals surface area contributed by atoms with E-state index in [0.717, 1.165) is 18.6 Å². The van der Waals surface area contributed by atoms with Gasteiger partial charge in [0.15, 0.2) is 0 Å². The van der Waals surface area contributed by atoms with Crippen LogP contribution in [0.2, 0.25) is 0 Å². The number of benzene rings is 1. The van der Waals surface area contributed by atoms with E-state index in [1.54, 1.807) is 11.8 Å². The second kappa shape index (κ2) is 6.96. The third-order valence-corrected chi connectivity index (χ3v) is 4.39. The Hall–Kier alpha value is -1.00. The molecule has 0 saturated heterocycles. The molecule has 0 bridgehead atoms. The second-order valence-corrected chi connectivity index (χ2v) is 6.26. The summed E-state index contributed by atoms with van der Waals surface area (Å²) in [5.74, 6) is 1.94. The monoisotopic (exact) mass is 279 g/mol. The van der Waals surface area contributed by atoms with Crippen LogP contribution in [-0.4, -0.2) is 29.4 Å². The molecule has 19 heavy (non-hydrogen) atoms. The third-order valence-electron chi connectivity index (χ3n) is 3.38. The van der Waals surface area contributed by atoms with E-state index in [4.69, 9.17) is 5.11 Å². The molecule has 3 nitrogen and oxygen atoms in total. The Kier molecular flexibility index (Phi) is 5.28. The summed E-state index contributed by atoms with van der Waals surface area (Å²) in [6.45, 7) is 2.79. The number of rotatable bonds is 6. The molecule has 0 spiro atoms. The Morgan fingerprint density at radius 2 is 2.26 bits per heavy atom. The molecule has 2 rings (SSSR count). The number of hydrogen-bond donors (Lipinski definition) is 2. The summed E-state index contributed by atoms with van der Waals surface area (Å²) in [7, 11) is 0. The van der Waals surface area contributed by atoms with Gasteiger partial charge in [-0.15, -0.1) is 11.8 Å². The highest BCUT2D eigenvalue weighted by Gasteiger charge is 2.26. The molecule has 1 aliphatic carbocycles. The topological polar surface area (TPSA) is 49.3 Å². The summed E-state index contributed by atoms with van der Waals surface area (Å²) >= 11 is 1.64. The zero-order chi connectivity index (χ0) is 13.7. The first-order chi connectivity index (χ1) is 9.13. The van der Waals surface area contributed by atoms with Crippen LogP contribution < -0.4 is 5.32 Å². The van der Waals surface area contributed by atoms with Crippen molar-refractivity contribution in [2.24, 2.45) is 5.92 Å². The quantitative estimate of drug-likeness (QED) is 0.838. The Bertz CT molecular complexity index is 430. The molecule has 0 aliphatic heterocycles. The van der Waals surface area contributed by atoms with Crippen LogP contribution in [0.3, 0.4) is 0 Å². The lowest BCUT2D eigenvalue weighted by molar-refractivity contribution is -0.119. The predicted octanol–water partition coefficient (Wildman–Crippen LogP) is 2.12. The summed E-state index contributed by atoms with van der Waals surface area (Å²) in [6, 6.07) is 8.37. The van der Waals surface area contributed by atoms with Gasteiger partial charge in [-0.1, -0.05) is 29.8 Å². The molecule has 104 valence electrons. The van der Waals surface area contributed by atoms with E-state index in [1.165, 1.54) is 11.1 Å². The van der Waals surface area contributed by atoms with Crippen LogP contribution in [0.15, 0.2) is 24.3 Å². The Morgan fingerprint density at radius 1 is 1.47 bits per heavy atom. The maximum atomic E-state index is 11.6. The van der Waals surface area contributed by atoms with Gasteiger partial charge in [-0.3, -0.25) is 4.79 Å². The van der Waals surface area contributed by atoms with Crippen molar-refractivity contribution in [2.75, 3.05) is 12.3 Å². The van der Waals surface area contributed by atoms with Crippen molar-refractivity contribution >= 4 is 17.7 Å². The average Bonchev–Trinajstić information content (AvgIpc) is 2.33. The summed E-state index contributed by atoms with van der Waals surface area (Å²) in [5.41, 5.74) is 2.52. The second-order valence-electron chi connectivity index (χ2n) is 5.28. The zero-order valence-electron chi connectivity index (χ0n) is 11.3. The van der Waals surface area contributed by atoms with Gasteiger partial charge in [0.2, 0.25) is 5.91 Å². The molecule has 1 saturated carbocycles. The van der Waals surface area contributed by atoms with Gasteiger partial charge in [0.25, 0.3) is 0 Å². The van der Waals surface area contributed by atoms with Crippen molar-refractivity contribution in [3.8, 4) is 0 Å². The minimum Gasteiger partial charge on any atom is -0.393 e. The van der Waals surface area contributed by atoms with Crippen LogP contribution in [-0.2, 0) is 10.5 Å². The molecule has 0 heterocycles. The SMILES string of the molecule is Cc1cccc(CSCC(=O)NCC2CC(O)C2)c1. The smallest absolute Gasteiger partial charge is 0.230 e. The van der Waals surface area contributed by atoms with Gasteiger partial charge in [0.1, 0.15) is 0 Å². The number of nitrogens with one attached hydrogen (secondary N) is 1. The molecule has 2 N–H and O–H groups in total. The Morgan fingerprint density at radius 3 is 2.95 bits per heavy atom. The van der Waals surface area contributed by atoms with Crippen molar-refractivity contribution in [3.05, 3.63) is 35.4 Å². The van der Waals surface area contributed by atoms with Gasteiger partial charge in [0, 0.05) is 12.3 Å². The van der Waals surface area contributed by atoms with E-state index in [9.17, 15) is 4.79 Å². The molecule has 1 aromatic carbocycles. The lowest BCUT2D eigenvalue weighted by Crippen LogP contribution is -2.39. The van der Waals surface area contributed by atoms with Crippen molar-refractivity contribution in [2.45, 2.75) is 31.6 Å². The molecular formula is C15H21NO2S. The van der Waals surface area contributed by atoms with Crippen molar-refractivity contribution in [1.29, 1.82) is 0 Å². The highest BCUT2D eigenvalue weighted by molar-refractivity contribution is 7.99. The molecule has 0 unspecified atom stereocenters. The number of carbonyl (C=O) groups excluding carboxylic acids is 1. The Balaban J connectivity index is 1.58. The molecule has 4 heteroatoms. The number of aliphatic hydroxyl groups is 1. The van der Waals surface area contributed by atoms with Gasteiger partial charge < -0.3 is 10.4 Å². The fraction of sp³-hybridized carbons (Fsp3) is 0.533. The number of aliphatic hydroxyl groups excluding tert-OH is 1. The van der Waals surface area contributed by atoms with Gasteiger partial charge in [-0.05, 0) is 31.2 Å². The Labute approximate surface area is 118 Å². The average molecular weight is 279 g/mol. The fourth-order valence-electron chi connectivity index (χ4n) is 2.24. The van der Waals surface area contributed by atoms with Crippen LogP contribution >= 0.6 is 11.8 Å². The highest BCUT2D eigenvalue weighted by Crippen LogP contribution is 2.26. The van der Waals surface area contributed by atoms with Crippen molar-refractivity contribution < 1.29 is 9.90 Å². The maximum absolute atomic E-state index is 11.6. The number of thioether (sulfide) groups is 1. The first kappa shape index (κ1) is 14.4. The first-order valence-electron chi connectivity index (χ1n) is 6.71. The normalized spacial score (nSPS) is 21.8. The lowest BCUT2D eigenvalue weighted by Gasteiger charge is -2.31. The van der Waals surface area contributed by atoms with Crippen molar-refractivity contribution in [3.63, 3.8) is 0 Å². The molecule has 0 atom stereocenters. The van der Waals surface area contributed by atoms with Crippen LogP contribution in [0.25, 0.3) is 0 Å². The molecule has 1 amide bonds. The fourth-order valence-corrected chi connectivity index (χ4v) is 3.04. The predicted molar refractivity (Wildman–Crippen MR) is 79.1 cm³/mol. The van der Waals surface area contributed by atoms with Crippen LogP contribution in [0.4, 0.5) is 0 Å². The molecular weight excluding hydrogens is 258 g/mol. The molecule has 0 aromatic heterocycles. The third kappa shape index (κ3) is 4.88. The molecule has 1 fully saturated rings.